The van der Waals surface area contributed by atoms with Gasteiger partial charge in [0.25, 0.3) is 0 Å². The van der Waals surface area contributed by atoms with E-state index in [4.69, 9.17) is 9.47 Å². The van der Waals surface area contributed by atoms with Crippen molar-refractivity contribution in [3.63, 3.8) is 0 Å². The Hall–Kier alpha value is -3.02. The van der Waals surface area contributed by atoms with Gasteiger partial charge in [-0.25, -0.2) is 0 Å². The lowest BCUT2D eigenvalue weighted by Crippen LogP contribution is -2.47. The second kappa shape index (κ2) is 9.65. The zero-order chi connectivity index (χ0) is 21.7. The monoisotopic (exact) mass is 410 g/mol. The van der Waals surface area contributed by atoms with Gasteiger partial charge in [0.1, 0.15) is 0 Å². The van der Waals surface area contributed by atoms with E-state index in [0.29, 0.717) is 31.0 Å². The summed E-state index contributed by atoms with van der Waals surface area (Å²) in [4.78, 5) is 27.0. The third-order valence-electron chi connectivity index (χ3n) is 5.80. The van der Waals surface area contributed by atoms with Crippen molar-refractivity contribution in [1.29, 1.82) is 0 Å². The van der Waals surface area contributed by atoms with Crippen molar-refractivity contribution in [2.45, 2.75) is 32.2 Å². The summed E-state index contributed by atoms with van der Waals surface area (Å²) in [7, 11) is 3.20. The predicted octanol–water partition coefficient (Wildman–Crippen LogP) is 3.53. The van der Waals surface area contributed by atoms with Crippen LogP contribution in [0.25, 0.3) is 0 Å². The van der Waals surface area contributed by atoms with Crippen molar-refractivity contribution >= 4 is 11.8 Å². The van der Waals surface area contributed by atoms with Crippen molar-refractivity contribution in [3.8, 4) is 11.5 Å². The number of likely N-dealkylation sites (tertiary alicyclic amines) is 1. The van der Waals surface area contributed by atoms with Crippen LogP contribution in [0, 0.1) is 5.92 Å². The van der Waals surface area contributed by atoms with Crippen molar-refractivity contribution in [1.82, 2.24) is 10.2 Å². The van der Waals surface area contributed by atoms with Crippen LogP contribution in [0.2, 0.25) is 0 Å². The second-order valence-electron chi connectivity index (χ2n) is 7.81. The van der Waals surface area contributed by atoms with E-state index in [9.17, 15) is 9.59 Å². The third-order valence-corrected chi connectivity index (χ3v) is 5.80. The van der Waals surface area contributed by atoms with Gasteiger partial charge in [-0.1, -0.05) is 36.4 Å². The minimum absolute atomic E-state index is 0.0194. The van der Waals surface area contributed by atoms with Crippen LogP contribution in [0.4, 0.5) is 0 Å². The number of nitrogens with zero attached hydrogens (tertiary/aromatic N) is 1. The molecule has 6 heteroatoms. The first-order valence-corrected chi connectivity index (χ1v) is 10.3. The van der Waals surface area contributed by atoms with E-state index >= 15 is 0 Å². The number of hydrogen-bond acceptors (Lipinski definition) is 4. The molecule has 1 aliphatic rings. The molecular weight excluding hydrogens is 380 g/mol. The Morgan fingerprint density at radius 1 is 1.03 bits per heavy atom. The van der Waals surface area contributed by atoms with Crippen LogP contribution < -0.4 is 14.8 Å². The molecule has 160 valence electrons. The zero-order valence-electron chi connectivity index (χ0n) is 18.1. The number of hydrogen-bond donors (Lipinski definition) is 1. The Morgan fingerprint density at radius 2 is 1.73 bits per heavy atom. The highest BCUT2D eigenvalue weighted by Crippen LogP contribution is 2.36. The van der Waals surface area contributed by atoms with Gasteiger partial charge in [-0.3, -0.25) is 9.59 Å². The van der Waals surface area contributed by atoms with E-state index in [1.807, 2.05) is 55.5 Å². The molecule has 1 aliphatic heterocycles. The number of ether oxygens (including phenoxy) is 2. The molecule has 0 aliphatic carbocycles. The van der Waals surface area contributed by atoms with E-state index in [0.717, 1.165) is 11.1 Å². The Kier molecular flexibility index (Phi) is 6.98. The fourth-order valence-electron chi connectivity index (χ4n) is 4.05. The van der Waals surface area contributed by atoms with Crippen molar-refractivity contribution in [2.75, 3.05) is 27.3 Å². The molecule has 0 bridgehead atoms. The molecule has 2 aromatic rings. The maximum Gasteiger partial charge on any atom is 0.225 e. The summed E-state index contributed by atoms with van der Waals surface area (Å²) < 4.78 is 10.8. The van der Waals surface area contributed by atoms with Crippen LogP contribution >= 0.6 is 0 Å². The zero-order valence-corrected chi connectivity index (χ0v) is 18.1. The molecule has 0 aromatic heterocycles. The van der Waals surface area contributed by atoms with Crippen LogP contribution in [0.15, 0.2) is 48.5 Å². The van der Waals surface area contributed by atoms with Gasteiger partial charge >= 0.3 is 0 Å². The first kappa shape index (κ1) is 21.7. The number of rotatable bonds is 6. The molecule has 1 N–H and O–H groups in total. The molecule has 0 radical (unpaired) electrons. The van der Waals surface area contributed by atoms with Crippen molar-refractivity contribution in [2.24, 2.45) is 5.92 Å². The molecule has 1 saturated heterocycles. The van der Waals surface area contributed by atoms with E-state index in [1.165, 1.54) is 0 Å². The average Bonchev–Trinajstić information content (AvgIpc) is 2.78. The summed E-state index contributed by atoms with van der Waals surface area (Å²) >= 11 is 0. The topological polar surface area (TPSA) is 67.9 Å². The van der Waals surface area contributed by atoms with Crippen molar-refractivity contribution in [3.05, 3.63) is 59.7 Å². The van der Waals surface area contributed by atoms with Crippen LogP contribution in [-0.4, -0.2) is 44.0 Å². The highest BCUT2D eigenvalue weighted by atomic mass is 16.5. The Morgan fingerprint density at radius 3 is 2.37 bits per heavy atom. The second-order valence-corrected chi connectivity index (χ2v) is 7.81. The van der Waals surface area contributed by atoms with Crippen LogP contribution in [-0.2, 0) is 9.59 Å². The molecule has 2 amide bonds. The molecule has 0 unspecified atom stereocenters. The van der Waals surface area contributed by atoms with Gasteiger partial charge in [0.2, 0.25) is 11.8 Å². The normalized spacial score (nSPS) is 19.7. The number of carbonyl (C=O) groups excluding carboxylic acids is 2. The van der Waals surface area contributed by atoms with Gasteiger partial charge in [0.15, 0.2) is 11.5 Å². The Balaban J connectivity index is 1.78. The van der Waals surface area contributed by atoms with Gasteiger partial charge in [-0.15, -0.1) is 0 Å². The van der Waals surface area contributed by atoms with E-state index < -0.39 is 0 Å². The number of benzene rings is 2. The molecule has 3 rings (SSSR count). The average molecular weight is 411 g/mol. The maximum atomic E-state index is 13.1. The van der Waals surface area contributed by atoms with Gasteiger partial charge < -0.3 is 19.7 Å². The minimum atomic E-state index is -0.271. The largest absolute Gasteiger partial charge is 0.493 e. The van der Waals surface area contributed by atoms with Crippen LogP contribution in [0.5, 0.6) is 11.5 Å². The molecule has 1 heterocycles. The smallest absolute Gasteiger partial charge is 0.225 e. The van der Waals surface area contributed by atoms with E-state index in [2.05, 4.69) is 5.32 Å². The summed E-state index contributed by atoms with van der Waals surface area (Å²) in [6.07, 6.45) is 0.673. The Labute approximate surface area is 178 Å². The summed E-state index contributed by atoms with van der Waals surface area (Å²) in [5.74, 6) is 1.04. The number of nitrogens with one attached hydrogen (secondary N) is 1. The summed E-state index contributed by atoms with van der Waals surface area (Å²) in [6.45, 7) is 4.55. The molecule has 6 nitrogen and oxygen atoms in total. The highest BCUT2D eigenvalue weighted by molar-refractivity contribution is 5.81. The highest BCUT2D eigenvalue weighted by Gasteiger charge is 2.34. The quantitative estimate of drug-likeness (QED) is 0.791. The van der Waals surface area contributed by atoms with Crippen LogP contribution in [0.3, 0.4) is 0 Å². The number of carbonyl (C=O) groups is 2. The molecular formula is C24H30N2O4. The lowest BCUT2D eigenvalue weighted by atomic mass is 9.83. The minimum Gasteiger partial charge on any atom is -0.493 e. The molecule has 3 atom stereocenters. The summed E-state index contributed by atoms with van der Waals surface area (Å²) in [5, 5.41) is 3.12. The first-order valence-electron chi connectivity index (χ1n) is 10.3. The number of methoxy groups -OCH3 is 2. The SMILES string of the molecule is COc1ccc([C@@H]2C[C@@H](C(=O)N[C@@H](C)c3ccccc3)CN(C(C)=O)C2)cc1OC. The van der Waals surface area contributed by atoms with Gasteiger partial charge in [-0.2, -0.15) is 0 Å². The summed E-state index contributed by atoms with van der Waals surface area (Å²) in [5.41, 5.74) is 2.09. The molecule has 1 fully saturated rings. The Bertz CT molecular complexity index is 884. The predicted molar refractivity (Wildman–Crippen MR) is 116 cm³/mol. The van der Waals surface area contributed by atoms with Crippen LogP contribution in [0.1, 0.15) is 43.4 Å². The van der Waals surface area contributed by atoms with Gasteiger partial charge in [0, 0.05) is 25.9 Å². The maximum absolute atomic E-state index is 13.1. The lowest BCUT2D eigenvalue weighted by molar-refractivity contribution is -0.134. The summed E-state index contributed by atoms with van der Waals surface area (Å²) in [6, 6.07) is 15.6. The molecule has 2 aromatic carbocycles. The fourth-order valence-corrected chi connectivity index (χ4v) is 4.05. The fraction of sp³-hybridized carbons (Fsp3) is 0.417. The molecule has 0 saturated carbocycles. The van der Waals surface area contributed by atoms with Gasteiger partial charge in [-0.05, 0) is 36.6 Å². The van der Waals surface area contributed by atoms with E-state index in [-0.39, 0.29) is 29.7 Å². The molecule has 30 heavy (non-hydrogen) atoms. The van der Waals surface area contributed by atoms with E-state index in [1.54, 1.807) is 26.0 Å². The standard InChI is InChI=1S/C24H30N2O4/c1-16(18-8-6-5-7-9-18)25-24(28)21-12-20(14-26(15-21)17(2)27)19-10-11-22(29-3)23(13-19)30-4/h5-11,13,16,20-21H,12,14-15H2,1-4H3,(H,25,28)/t16-,20+,21+/m0/s1. The number of amides is 2. The lowest BCUT2D eigenvalue weighted by Gasteiger charge is -2.37. The molecule has 0 spiro atoms. The van der Waals surface area contributed by atoms with Gasteiger partial charge in [0.05, 0.1) is 26.2 Å². The number of piperidine rings is 1. The first-order chi connectivity index (χ1) is 14.4. The van der Waals surface area contributed by atoms with Crippen molar-refractivity contribution < 1.29 is 19.1 Å². The third kappa shape index (κ3) is 4.93.